The van der Waals surface area contributed by atoms with Crippen molar-refractivity contribution in [2.75, 3.05) is 0 Å². The van der Waals surface area contributed by atoms with Crippen LogP contribution in [0.2, 0.25) is 0 Å². The number of benzene rings is 1. The number of fused-ring (bicyclic) bond motifs is 1. The third-order valence-corrected chi connectivity index (χ3v) is 3.04. The van der Waals surface area contributed by atoms with Crippen LogP contribution in [-0.4, -0.2) is 23.0 Å². The van der Waals surface area contributed by atoms with Gasteiger partial charge < -0.3 is 14.8 Å². The summed E-state index contributed by atoms with van der Waals surface area (Å²) in [6.07, 6.45) is 0.888. The lowest BCUT2D eigenvalue weighted by molar-refractivity contribution is -0.137. The fourth-order valence-corrected chi connectivity index (χ4v) is 2.19. The number of carboxylic acids is 1. The Morgan fingerprint density at radius 1 is 1.35 bits per heavy atom. The lowest BCUT2D eigenvalue weighted by Crippen LogP contribution is -2.35. The highest BCUT2D eigenvalue weighted by atomic mass is 16.4. The van der Waals surface area contributed by atoms with E-state index in [4.69, 9.17) is 9.52 Å². The molecule has 5 heteroatoms. The van der Waals surface area contributed by atoms with Crippen LogP contribution in [0.3, 0.4) is 0 Å². The van der Waals surface area contributed by atoms with Crippen molar-refractivity contribution in [2.45, 2.75) is 32.2 Å². The number of hydrogen-bond donors (Lipinski definition) is 2. The van der Waals surface area contributed by atoms with Crippen molar-refractivity contribution in [1.29, 1.82) is 0 Å². The number of nitrogens with one attached hydrogen (secondary N) is 1. The van der Waals surface area contributed by atoms with Crippen LogP contribution in [0.1, 0.15) is 25.5 Å². The average Bonchev–Trinajstić information content (AvgIpc) is 2.77. The number of carbonyl (C=O) groups excluding carboxylic acids is 1. The Morgan fingerprint density at radius 3 is 2.75 bits per heavy atom. The topological polar surface area (TPSA) is 79.5 Å². The molecule has 0 aliphatic carbocycles. The van der Waals surface area contributed by atoms with Crippen LogP contribution in [0, 0.1) is 0 Å². The number of aliphatic carboxylic acids is 1. The van der Waals surface area contributed by atoms with Gasteiger partial charge in [-0.25, -0.2) is 0 Å². The molecule has 2 rings (SSSR count). The zero-order valence-electron chi connectivity index (χ0n) is 11.3. The first-order valence-corrected chi connectivity index (χ1v) is 6.51. The van der Waals surface area contributed by atoms with Crippen LogP contribution in [0.5, 0.6) is 0 Å². The van der Waals surface area contributed by atoms with Crippen LogP contribution >= 0.6 is 0 Å². The van der Waals surface area contributed by atoms with Crippen LogP contribution in [-0.2, 0) is 16.0 Å². The average molecular weight is 275 g/mol. The van der Waals surface area contributed by atoms with Gasteiger partial charge in [-0.05, 0) is 18.6 Å². The lowest BCUT2D eigenvalue weighted by Gasteiger charge is -2.15. The summed E-state index contributed by atoms with van der Waals surface area (Å²) in [4.78, 5) is 21.8. The highest BCUT2D eigenvalue weighted by Gasteiger charge is 2.15. The van der Waals surface area contributed by atoms with Gasteiger partial charge in [0.05, 0.1) is 0 Å². The molecule has 0 saturated carbocycles. The highest BCUT2D eigenvalue weighted by molar-refractivity contribution is 5.77. The second-order valence-corrected chi connectivity index (χ2v) is 4.78. The minimum absolute atomic E-state index is 0.0190. The summed E-state index contributed by atoms with van der Waals surface area (Å²) in [7, 11) is 0. The lowest BCUT2D eigenvalue weighted by atomic mass is 10.1. The monoisotopic (exact) mass is 275 g/mol. The predicted molar refractivity (Wildman–Crippen MR) is 74.4 cm³/mol. The first-order valence-electron chi connectivity index (χ1n) is 6.51. The van der Waals surface area contributed by atoms with Gasteiger partial charge in [0.2, 0.25) is 5.91 Å². The maximum Gasteiger partial charge on any atom is 0.303 e. The molecular weight excluding hydrogens is 258 g/mol. The van der Waals surface area contributed by atoms with Gasteiger partial charge in [0.25, 0.3) is 0 Å². The van der Waals surface area contributed by atoms with Gasteiger partial charge in [-0.15, -0.1) is 0 Å². The van der Waals surface area contributed by atoms with Crippen LogP contribution in [0.25, 0.3) is 11.0 Å². The molecule has 1 atom stereocenters. The molecule has 1 aromatic heterocycles. The van der Waals surface area contributed by atoms with E-state index in [1.807, 2.05) is 30.3 Å². The van der Waals surface area contributed by atoms with E-state index in [1.54, 1.807) is 0 Å². The molecule has 2 aromatic rings. The first kappa shape index (κ1) is 14.1. The van der Waals surface area contributed by atoms with Crippen molar-refractivity contribution in [2.24, 2.45) is 0 Å². The first-order chi connectivity index (χ1) is 9.54. The van der Waals surface area contributed by atoms with Gasteiger partial charge in [0.1, 0.15) is 11.3 Å². The van der Waals surface area contributed by atoms with Crippen molar-refractivity contribution in [3.05, 3.63) is 36.1 Å². The van der Waals surface area contributed by atoms with Gasteiger partial charge in [0.15, 0.2) is 0 Å². The van der Waals surface area contributed by atoms with Gasteiger partial charge in [-0.2, -0.15) is 0 Å². The summed E-state index contributed by atoms with van der Waals surface area (Å²) in [6.45, 7) is 1.42. The number of rotatable bonds is 6. The number of hydrogen-bond acceptors (Lipinski definition) is 3. The van der Waals surface area contributed by atoms with Crippen LogP contribution in [0.15, 0.2) is 34.7 Å². The molecule has 0 saturated heterocycles. The Bertz CT molecular complexity index is 584. The SMILES string of the molecule is CC(=O)NC(CCC(=O)O)Cc1cc2ccccc2o1. The summed E-state index contributed by atoms with van der Waals surface area (Å²) >= 11 is 0. The van der Waals surface area contributed by atoms with Gasteiger partial charge in [-0.1, -0.05) is 18.2 Å². The fraction of sp³-hybridized carbons (Fsp3) is 0.333. The molecule has 1 aromatic carbocycles. The zero-order chi connectivity index (χ0) is 14.5. The normalized spacial score (nSPS) is 12.2. The second-order valence-electron chi connectivity index (χ2n) is 4.78. The van der Waals surface area contributed by atoms with Gasteiger partial charge in [0, 0.05) is 31.2 Å². The largest absolute Gasteiger partial charge is 0.481 e. The summed E-state index contributed by atoms with van der Waals surface area (Å²) < 4.78 is 5.69. The minimum Gasteiger partial charge on any atom is -0.481 e. The molecule has 5 nitrogen and oxygen atoms in total. The Hall–Kier alpha value is -2.30. The van der Waals surface area contributed by atoms with E-state index in [2.05, 4.69) is 5.32 Å². The van der Waals surface area contributed by atoms with E-state index in [-0.39, 0.29) is 18.4 Å². The maximum absolute atomic E-state index is 11.2. The molecule has 1 amide bonds. The molecule has 106 valence electrons. The van der Waals surface area contributed by atoms with Crippen molar-refractivity contribution in [3.63, 3.8) is 0 Å². The zero-order valence-corrected chi connectivity index (χ0v) is 11.3. The van der Waals surface area contributed by atoms with E-state index in [9.17, 15) is 9.59 Å². The molecule has 0 spiro atoms. The van der Waals surface area contributed by atoms with Crippen molar-refractivity contribution in [3.8, 4) is 0 Å². The van der Waals surface area contributed by atoms with Crippen molar-refractivity contribution >= 4 is 22.8 Å². The van der Waals surface area contributed by atoms with Crippen LogP contribution < -0.4 is 5.32 Å². The molecule has 0 bridgehead atoms. The maximum atomic E-state index is 11.2. The number of carbonyl (C=O) groups is 2. The fourth-order valence-electron chi connectivity index (χ4n) is 2.19. The standard InChI is InChI=1S/C15H17NO4/c1-10(17)16-12(6-7-15(18)19)9-13-8-11-4-2-3-5-14(11)20-13/h2-5,8,12H,6-7,9H2,1H3,(H,16,17)(H,18,19). The van der Waals surface area contributed by atoms with Gasteiger partial charge in [-0.3, -0.25) is 9.59 Å². The number of furan rings is 1. The van der Waals surface area contributed by atoms with Crippen molar-refractivity contribution in [1.82, 2.24) is 5.32 Å². The van der Waals surface area contributed by atoms with E-state index in [0.29, 0.717) is 12.8 Å². The summed E-state index contributed by atoms with van der Waals surface area (Å²) in [5.41, 5.74) is 0.794. The number of carboxylic acid groups (broad SMARTS) is 1. The predicted octanol–water partition coefficient (Wildman–Crippen LogP) is 2.34. The Kier molecular flexibility index (Phi) is 4.40. The molecule has 0 radical (unpaired) electrons. The molecule has 1 unspecified atom stereocenters. The Morgan fingerprint density at radius 2 is 2.10 bits per heavy atom. The van der Waals surface area contributed by atoms with Gasteiger partial charge >= 0.3 is 5.97 Å². The van der Waals surface area contributed by atoms with E-state index in [1.165, 1.54) is 6.92 Å². The quantitative estimate of drug-likeness (QED) is 0.848. The molecule has 20 heavy (non-hydrogen) atoms. The molecule has 0 aliphatic heterocycles. The molecule has 0 fully saturated rings. The molecule has 1 heterocycles. The number of para-hydroxylation sites is 1. The third kappa shape index (κ3) is 3.85. The van der Waals surface area contributed by atoms with Crippen LogP contribution in [0.4, 0.5) is 0 Å². The third-order valence-electron chi connectivity index (χ3n) is 3.04. The molecule has 0 aliphatic rings. The summed E-state index contributed by atoms with van der Waals surface area (Å²) in [5, 5.41) is 12.5. The van der Waals surface area contributed by atoms with E-state index in [0.717, 1.165) is 16.7 Å². The highest BCUT2D eigenvalue weighted by Crippen LogP contribution is 2.20. The Balaban J connectivity index is 2.08. The minimum atomic E-state index is -0.870. The molecule has 2 N–H and O–H groups in total. The smallest absolute Gasteiger partial charge is 0.303 e. The van der Waals surface area contributed by atoms with E-state index < -0.39 is 5.97 Å². The second kappa shape index (κ2) is 6.23. The number of amides is 1. The Labute approximate surface area is 116 Å². The molecular formula is C15H17NO4. The van der Waals surface area contributed by atoms with E-state index >= 15 is 0 Å². The van der Waals surface area contributed by atoms with Crippen molar-refractivity contribution < 1.29 is 19.1 Å². The summed E-state index contributed by atoms with van der Waals surface area (Å²) in [5.74, 6) is -0.295. The summed E-state index contributed by atoms with van der Waals surface area (Å²) in [6, 6.07) is 9.34.